The molecular weight excluding hydrogens is 721 g/mol. The van der Waals surface area contributed by atoms with Crippen molar-refractivity contribution in [1.29, 1.82) is 0 Å². The van der Waals surface area contributed by atoms with Crippen LogP contribution in [0.4, 0.5) is 0 Å². The van der Waals surface area contributed by atoms with Crippen LogP contribution in [0.3, 0.4) is 0 Å². The van der Waals surface area contributed by atoms with E-state index < -0.39 is 0 Å². The van der Waals surface area contributed by atoms with E-state index in [1.807, 2.05) is 24.3 Å². The second-order valence-electron chi connectivity index (χ2n) is 21.5. The summed E-state index contributed by atoms with van der Waals surface area (Å²) >= 11 is 0. The molecule has 6 nitrogen and oxygen atoms in total. The lowest BCUT2D eigenvalue weighted by Crippen LogP contribution is -2.38. The Balaban J connectivity index is 1.48. The van der Waals surface area contributed by atoms with Gasteiger partial charge < -0.3 is 18.9 Å². The molecular formula is C52H80O6. The van der Waals surface area contributed by atoms with Gasteiger partial charge in [-0.05, 0) is 147 Å². The molecule has 324 valence electrons. The molecule has 2 aromatic carbocycles. The Labute approximate surface area is 352 Å². The summed E-state index contributed by atoms with van der Waals surface area (Å²) in [5.74, 6) is 5.72. The molecule has 6 unspecified atom stereocenters. The molecule has 0 saturated heterocycles. The largest absolute Gasteiger partial charge is 0.489 e. The zero-order chi connectivity index (χ0) is 42.0. The minimum Gasteiger partial charge on any atom is -0.489 e. The molecule has 0 amide bonds. The molecule has 0 N–H and O–H groups in total. The van der Waals surface area contributed by atoms with Crippen LogP contribution in [0.25, 0.3) is 10.8 Å². The molecule has 2 aromatic rings. The van der Waals surface area contributed by atoms with Crippen LogP contribution in [0.5, 0.6) is 11.5 Å². The number of carbonyl (C=O) groups excluding carboxylic acids is 2. The Morgan fingerprint density at radius 2 is 0.707 bits per heavy atom. The highest BCUT2D eigenvalue weighted by Gasteiger charge is 2.39. The summed E-state index contributed by atoms with van der Waals surface area (Å²) in [5, 5.41) is 1.60. The average molecular weight is 801 g/mol. The fourth-order valence-corrected chi connectivity index (χ4v) is 11.6. The number of esters is 2. The number of fused-ring (bicyclic) bond motifs is 1. The zero-order valence-corrected chi connectivity index (χ0v) is 38.5. The second-order valence-corrected chi connectivity index (χ2v) is 21.5. The Morgan fingerprint density at radius 3 is 1.00 bits per heavy atom. The molecule has 0 heterocycles. The molecule has 58 heavy (non-hydrogen) atoms. The van der Waals surface area contributed by atoms with Crippen LogP contribution in [-0.2, 0) is 9.47 Å². The molecule has 0 radical (unpaired) electrons. The number of benzene rings is 2. The first-order valence-electron chi connectivity index (χ1n) is 23.9. The Kier molecular flexibility index (Phi) is 14.9. The SMILES string of the molecule is CC1CCC(C(C)C)C(Oc2c(C(=O)O[C@@H]3C[C@H](C)CC[C@H]3C(C)C)ccc3c(OC4CC(C)CCC4C(C)C)c(C(=O)O[C@@H]4C[C@H](C)CC[C@H]4C(C)C)ccc23)C1. The Morgan fingerprint density at radius 1 is 0.431 bits per heavy atom. The van der Waals surface area contributed by atoms with Gasteiger partial charge in [-0.2, -0.15) is 0 Å². The molecule has 4 saturated carbocycles. The van der Waals surface area contributed by atoms with Crippen LogP contribution in [0.2, 0.25) is 0 Å². The van der Waals surface area contributed by atoms with Gasteiger partial charge >= 0.3 is 11.9 Å². The van der Waals surface area contributed by atoms with E-state index in [2.05, 4.69) is 83.1 Å². The van der Waals surface area contributed by atoms with E-state index in [9.17, 15) is 9.59 Å². The maximum Gasteiger partial charge on any atom is 0.342 e. The predicted octanol–water partition coefficient (Wildman–Crippen LogP) is 13.8. The van der Waals surface area contributed by atoms with Gasteiger partial charge in [0.05, 0.1) is 0 Å². The second kappa shape index (κ2) is 19.3. The average Bonchev–Trinajstić information content (AvgIpc) is 3.14. The van der Waals surface area contributed by atoms with Crippen molar-refractivity contribution in [3.63, 3.8) is 0 Å². The van der Waals surface area contributed by atoms with Crippen LogP contribution in [0.1, 0.15) is 181 Å². The van der Waals surface area contributed by atoms with E-state index in [-0.39, 0.29) is 36.4 Å². The zero-order valence-electron chi connectivity index (χ0n) is 38.5. The molecule has 0 spiro atoms. The van der Waals surface area contributed by atoms with Crippen LogP contribution in [0, 0.1) is 71.0 Å². The molecule has 0 aromatic heterocycles. The van der Waals surface area contributed by atoms with Crippen LogP contribution in [0.15, 0.2) is 24.3 Å². The minimum absolute atomic E-state index is 0.0428. The predicted molar refractivity (Wildman–Crippen MR) is 237 cm³/mol. The lowest BCUT2D eigenvalue weighted by atomic mass is 9.75. The summed E-state index contributed by atoms with van der Waals surface area (Å²) in [5.41, 5.74) is 0.940. The van der Waals surface area contributed by atoms with Gasteiger partial charge in [-0.3, -0.25) is 0 Å². The van der Waals surface area contributed by atoms with Gasteiger partial charge in [0.25, 0.3) is 0 Å². The van der Waals surface area contributed by atoms with E-state index in [1.54, 1.807) is 0 Å². The van der Waals surface area contributed by atoms with E-state index in [4.69, 9.17) is 18.9 Å². The topological polar surface area (TPSA) is 71.1 Å². The molecule has 4 aliphatic rings. The smallest absolute Gasteiger partial charge is 0.342 e. The highest BCUT2D eigenvalue weighted by atomic mass is 16.6. The van der Waals surface area contributed by atoms with Gasteiger partial charge in [0.15, 0.2) is 0 Å². The summed E-state index contributed by atoms with van der Waals surface area (Å²) in [6.45, 7) is 27.4. The number of ether oxygens (including phenoxy) is 4. The van der Waals surface area contributed by atoms with Gasteiger partial charge in [-0.1, -0.05) is 109 Å². The first-order chi connectivity index (χ1) is 27.5. The first kappa shape index (κ1) is 44.8. The van der Waals surface area contributed by atoms with Gasteiger partial charge in [-0.25, -0.2) is 9.59 Å². The van der Waals surface area contributed by atoms with E-state index in [0.29, 0.717) is 93.6 Å². The van der Waals surface area contributed by atoms with Crippen molar-refractivity contribution < 1.29 is 28.5 Å². The highest BCUT2D eigenvalue weighted by Crippen LogP contribution is 2.46. The summed E-state index contributed by atoms with van der Waals surface area (Å²) < 4.78 is 27.7. The van der Waals surface area contributed by atoms with E-state index in [0.717, 1.165) is 62.1 Å². The maximum atomic E-state index is 14.6. The van der Waals surface area contributed by atoms with Gasteiger partial charge in [0.1, 0.15) is 47.0 Å². The Bertz CT molecular complexity index is 1570. The van der Waals surface area contributed by atoms with E-state index >= 15 is 0 Å². The molecule has 6 rings (SSSR count). The van der Waals surface area contributed by atoms with Crippen molar-refractivity contribution in [3.05, 3.63) is 35.4 Å². The maximum absolute atomic E-state index is 14.6. The van der Waals surface area contributed by atoms with Crippen LogP contribution < -0.4 is 9.47 Å². The van der Waals surface area contributed by atoms with Gasteiger partial charge in [0, 0.05) is 10.8 Å². The number of hydrogen-bond acceptors (Lipinski definition) is 6. The molecule has 4 aliphatic carbocycles. The fraction of sp³-hybridized carbons (Fsp3) is 0.769. The molecule has 0 aliphatic heterocycles. The molecule has 6 heteroatoms. The van der Waals surface area contributed by atoms with Gasteiger partial charge in [0.2, 0.25) is 0 Å². The quantitative estimate of drug-likeness (QED) is 0.199. The van der Waals surface area contributed by atoms with Crippen molar-refractivity contribution in [2.45, 2.75) is 185 Å². The third kappa shape index (κ3) is 10.2. The summed E-state index contributed by atoms with van der Waals surface area (Å²) in [7, 11) is 0. The van der Waals surface area contributed by atoms with Crippen molar-refractivity contribution >= 4 is 22.7 Å². The molecule has 0 bridgehead atoms. The monoisotopic (exact) mass is 801 g/mol. The molecule has 12 atom stereocenters. The van der Waals surface area contributed by atoms with Crippen molar-refractivity contribution in [3.8, 4) is 11.5 Å². The summed E-state index contributed by atoms with van der Waals surface area (Å²) in [6.07, 6.45) is 12.3. The first-order valence-corrected chi connectivity index (χ1v) is 23.9. The number of hydrogen-bond donors (Lipinski definition) is 0. The van der Waals surface area contributed by atoms with E-state index in [1.165, 1.54) is 25.7 Å². The summed E-state index contributed by atoms with van der Waals surface area (Å²) in [4.78, 5) is 29.3. The lowest BCUT2D eigenvalue weighted by molar-refractivity contribution is -0.0190. The van der Waals surface area contributed by atoms with Crippen molar-refractivity contribution in [2.24, 2.45) is 71.0 Å². The fourth-order valence-electron chi connectivity index (χ4n) is 11.6. The summed E-state index contributed by atoms with van der Waals surface area (Å²) in [6, 6.07) is 7.79. The molecule has 4 fully saturated rings. The van der Waals surface area contributed by atoms with Crippen LogP contribution >= 0.6 is 0 Å². The Hall–Kier alpha value is -2.76. The van der Waals surface area contributed by atoms with Crippen molar-refractivity contribution in [2.75, 3.05) is 0 Å². The number of rotatable bonds is 12. The van der Waals surface area contributed by atoms with Crippen LogP contribution in [-0.4, -0.2) is 36.4 Å². The number of carbonyl (C=O) groups is 2. The lowest BCUT2D eigenvalue weighted by Gasteiger charge is -2.39. The highest BCUT2D eigenvalue weighted by molar-refractivity contribution is 6.07. The van der Waals surface area contributed by atoms with Gasteiger partial charge in [-0.15, -0.1) is 0 Å². The third-order valence-electron chi connectivity index (χ3n) is 15.4. The standard InChI is InChI=1S/C52H80O6/c1-29(2)37-17-13-33(9)25-45(37)55-49-41-21-24-44(52(54)58-48-28-36(12)16-20-40(48)32(7)8)50(56-46-26-34(10)14-18-38(46)30(3)4)42(41)22-23-43(49)51(53)57-47-27-35(11)15-19-39(47)31(5)6/h21-24,29-40,45-48H,13-20,25-28H2,1-12H3/t33?,34?,35-,36-,37?,38?,39+,40+,45?,46?,47-,48-/m1/s1. The third-order valence-corrected chi connectivity index (χ3v) is 15.4. The normalized spacial score (nSPS) is 33.4. The van der Waals surface area contributed by atoms with Crippen molar-refractivity contribution in [1.82, 2.24) is 0 Å². The minimum atomic E-state index is -0.315.